The monoisotopic (exact) mass is 145 g/mol. The maximum Gasteiger partial charge on any atom is 0.0668 e. The first kappa shape index (κ1) is 7.98. The van der Waals surface area contributed by atoms with Crippen molar-refractivity contribution in [1.29, 1.82) is 0 Å². The van der Waals surface area contributed by atoms with Crippen molar-refractivity contribution < 1.29 is 10.2 Å². The van der Waals surface area contributed by atoms with Gasteiger partial charge in [0.2, 0.25) is 0 Å². The Morgan fingerprint density at radius 2 is 1.50 bits per heavy atom. The molecule has 0 aromatic carbocycles. The van der Waals surface area contributed by atoms with E-state index in [1.807, 2.05) is 11.9 Å². The minimum atomic E-state index is -0.248. The number of likely N-dealkylation sites (tertiary alicyclic amines) is 1. The Kier molecular flexibility index (Phi) is 2.65. The van der Waals surface area contributed by atoms with Crippen LogP contribution in [0, 0.1) is 0 Å². The van der Waals surface area contributed by atoms with Gasteiger partial charge in [0.1, 0.15) is 0 Å². The van der Waals surface area contributed by atoms with Crippen LogP contribution in [-0.2, 0) is 0 Å². The van der Waals surface area contributed by atoms with Gasteiger partial charge in [0.15, 0.2) is 0 Å². The molecule has 10 heavy (non-hydrogen) atoms. The standard InChI is InChI=1S/C7H15NO2/c1-8-4-6(9)2-3-7(10)5-8/h6-7,9-10H,2-5H2,1H3/t6-,7+. The zero-order valence-electron chi connectivity index (χ0n) is 6.32. The van der Waals surface area contributed by atoms with Crippen LogP contribution in [0.5, 0.6) is 0 Å². The van der Waals surface area contributed by atoms with E-state index < -0.39 is 0 Å². The maximum atomic E-state index is 9.22. The lowest BCUT2D eigenvalue weighted by Crippen LogP contribution is -2.30. The van der Waals surface area contributed by atoms with E-state index in [-0.39, 0.29) is 12.2 Å². The van der Waals surface area contributed by atoms with Crippen molar-refractivity contribution in [3.8, 4) is 0 Å². The fourth-order valence-electron chi connectivity index (χ4n) is 1.36. The summed E-state index contributed by atoms with van der Waals surface area (Å²) in [7, 11) is 1.91. The van der Waals surface area contributed by atoms with Crippen LogP contribution in [0.1, 0.15) is 12.8 Å². The van der Waals surface area contributed by atoms with Crippen molar-refractivity contribution in [2.45, 2.75) is 25.0 Å². The van der Waals surface area contributed by atoms with Gasteiger partial charge in [-0.25, -0.2) is 0 Å². The molecule has 0 amide bonds. The average Bonchev–Trinajstić information content (AvgIpc) is 1.93. The van der Waals surface area contributed by atoms with Crippen LogP contribution in [0.3, 0.4) is 0 Å². The van der Waals surface area contributed by atoms with E-state index in [2.05, 4.69) is 0 Å². The third-order valence-electron chi connectivity index (χ3n) is 1.88. The third kappa shape index (κ3) is 2.25. The first-order valence-electron chi connectivity index (χ1n) is 3.73. The molecule has 0 bridgehead atoms. The van der Waals surface area contributed by atoms with Gasteiger partial charge < -0.3 is 15.1 Å². The summed E-state index contributed by atoms with van der Waals surface area (Å²) in [5.41, 5.74) is 0. The van der Waals surface area contributed by atoms with Gasteiger partial charge in [0.05, 0.1) is 12.2 Å². The van der Waals surface area contributed by atoms with Crippen molar-refractivity contribution in [1.82, 2.24) is 4.90 Å². The Morgan fingerprint density at radius 1 is 1.10 bits per heavy atom. The molecule has 0 spiro atoms. The van der Waals surface area contributed by atoms with E-state index in [4.69, 9.17) is 0 Å². The molecule has 0 radical (unpaired) electrons. The lowest BCUT2D eigenvalue weighted by atomic mass is 10.1. The summed E-state index contributed by atoms with van der Waals surface area (Å²) >= 11 is 0. The number of aliphatic hydroxyl groups excluding tert-OH is 2. The number of hydrogen-bond donors (Lipinski definition) is 2. The normalized spacial score (nSPS) is 37.5. The van der Waals surface area contributed by atoms with Crippen LogP contribution in [0.2, 0.25) is 0 Å². The number of nitrogens with zero attached hydrogens (tertiary/aromatic N) is 1. The summed E-state index contributed by atoms with van der Waals surface area (Å²) in [6.07, 6.45) is 0.959. The number of likely N-dealkylation sites (N-methyl/N-ethyl adjacent to an activating group) is 1. The molecule has 2 atom stereocenters. The van der Waals surface area contributed by atoms with Crippen LogP contribution in [0.4, 0.5) is 0 Å². The Bertz CT molecular complexity index is 95.8. The third-order valence-corrected chi connectivity index (χ3v) is 1.88. The number of β-amino-alcohol motifs (C(OH)–C–C–N with tert-alkyl or cyclic N) is 2. The van der Waals surface area contributed by atoms with E-state index in [9.17, 15) is 10.2 Å². The van der Waals surface area contributed by atoms with E-state index >= 15 is 0 Å². The molecule has 1 heterocycles. The highest BCUT2D eigenvalue weighted by Gasteiger charge is 2.17. The molecule has 60 valence electrons. The molecular formula is C7H15NO2. The average molecular weight is 145 g/mol. The Labute approximate surface area is 61.3 Å². The second-order valence-corrected chi connectivity index (χ2v) is 3.11. The van der Waals surface area contributed by atoms with Crippen LogP contribution in [-0.4, -0.2) is 47.5 Å². The van der Waals surface area contributed by atoms with Crippen molar-refractivity contribution in [2.24, 2.45) is 0 Å². The van der Waals surface area contributed by atoms with Crippen molar-refractivity contribution >= 4 is 0 Å². The summed E-state index contributed by atoms with van der Waals surface area (Å²) < 4.78 is 0. The maximum absolute atomic E-state index is 9.22. The molecule has 1 fully saturated rings. The van der Waals surface area contributed by atoms with Gasteiger partial charge in [-0.05, 0) is 19.9 Å². The Balaban J connectivity index is 2.38. The van der Waals surface area contributed by atoms with Crippen molar-refractivity contribution in [3.05, 3.63) is 0 Å². The molecule has 0 aromatic rings. The smallest absolute Gasteiger partial charge is 0.0668 e. The molecule has 0 aromatic heterocycles. The van der Waals surface area contributed by atoms with Crippen molar-refractivity contribution in [3.63, 3.8) is 0 Å². The highest BCUT2D eigenvalue weighted by atomic mass is 16.3. The zero-order chi connectivity index (χ0) is 7.56. The molecule has 1 aliphatic heterocycles. The molecular weight excluding hydrogens is 130 g/mol. The second-order valence-electron chi connectivity index (χ2n) is 3.11. The minimum Gasteiger partial charge on any atom is -0.392 e. The van der Waals surface area contributed by atoms with Gasteiger partial charge >= 0.3 is 0 Å². The van der Waals surface area contributed by atoms with Crippen molar-refractivity contribution in [2.75, 3.05) is 20.1 Å². The summed E-state index contributed by atoms with van der Waals surface area (Å²) in [5, 5.41) is 18.4. The molecule has 0 saturated carbocycles. The summed E-state index contributed by atoms with van der Waals surface area (Å²) in [6.45, 7) is 1.38. The molecule has 2 N–H and O–H groups in total. The summed E-state index contributed by atoms with van der Waals surface area (Å²) in [5.74, 6) is 0. The van der Waals surface area contributed by atoms with Gasteiger partial charge in [0.25, 0.3) is 0 Å². The summed E-state index contributed by atoms with van der Waals surface area (Å²) in [6, 6.07) is 0. The fourth-order valence-corrected chi connectivity index (χ4v) is 1.36. The van der Waals surface area contributed by atoms with Gasteiger partial charge in [0, 0.05) is 13.1 Å². The van der Waals surface area contributed by atoms with Crippen LogP contribution in [0.15, 0.2) is 0 Å². The van der Waals surface area contributed by atoms with Gasteiger partial charge in [-0.15, -0.1) is 0 Å². The molecule has 3 heteroatoms. The zero-order valence-corrected chi connectivity index (χ0v) is 6.32. The minimum absolute atomic E-state index is 0.248. The summed E-state index contributed by atoms with van der Waals surface area (Å²) in [4.78, 5) is 1.96. The highest BCUT2D eigenvalue weighted by Crippen LogP contribution is 2.08. The first-order valence-corrected chi connectivity index (χ1v) is 3.73. The fraction of sp³-hybridized carbons (Fsp3) is 1.00. The first-order chi connectivity index (χ1) is 4.68. The van der Waals surface area contributed by atoms with E-state index in [1.165, 1.54) is 0 Å². The largest absolute Gasteiger partial charge is 0.392 e. The van der Waals surface area contributed by atoms with Gasteiger partial charge in [-0.2, -0.15) is 0 Å². The van der Waals surface area contributed by atoms with Gasteiger partial charge in [-0.1, -0.05) is 0 Å². The highest BCUT2D eigenvalue weighted by molar-refractivity contribution is 4.72. The molecule has 0 aliphatic carbocycles. The van der Waals surface area contributed by atoms with E-state index in [1.54, 1.807) is 0 Å². The van der Waals surface area contributed by atoms with Gasteiger partial charge in [-0.3, -0.25) is 0 Å². The van der Waals surface area contributed by atoms with Crippen LogP contribution < -0.4 is 0 Å². The number of hydrogen-bond acceptors (Lipinski definition) is 3. The number of rotatable bonds is 0. The molecule has 0 unspecified atom stereocenters. The SMILES string of the molecule is CN1C[C@H](O)CC[C@H](O)C1. The predicted octanol–water partition coefficient (Wildman–Crippen LogP) is -0.566. The second kappa shape index (κ2) is 3.32. The Hall–Kier alpha value is -0.120. The molecule has 1 aliphatic rings. The quantitative estimate of drug-likeness (QED) is 0.480. The number of aliphatic hydroxyl groups is 2. The van der Waals surface area contributed by atoms with Crippen LogP contribution in [0.25, 0.3) is 0 Å². The molecule has 1 rings (SSSR count). The lowest BCUT2D eigenvalue weighted by Gasteiger charge is -2.16. The lowest BCUT2D eigenvalue weighted by molar-refractivity contribution is 0.125. The topological polar surface area (TPSA) is 43.7 Å². The predicted molar refractivity (Wildman–Crippen MR) is 38.7 cm³/mol. The van der Waals surface area contributed by atoms with E-state index in [0.717, 1.165) is 12.8 Å². The van der Waals surface area contributed by atoms with E-state index in [0.29, 0.717) is 13.1 Å². The molecule has 1 saturated heterocycles. The Morgan fingerprint density at radius 3 is 1.90 bits per heavy atom. The molecule has 3 nitrogen and oxygen atoms in total. The van der Waals surface area contributed by atoms with Crippen LogP contribution >= 0.6 is 0 Å².